The van der Waals surface area contributed by atoms with Crippen LogP contribution in [0.15, 0.2) is 48.5 Å². The van der Waals surface area contributed by atoms with Crippen LogP contribution in [-0.2, 0) is 4.79 Å². The van der Waals surface area contributed by atoms with E-state index in [0.29, 0.717) is 39.9 Å². The number of amides is 1. The molecule has 1 saturated heterocycles. The molecular formula is C22H24Cl2N2O4. The van der Waals surface area contributed by atoms with Crippen molar-refractivity contribution in [1.29, 1.82) is 0 Å². The summed E-state index contributed by atoms with van der Waals surface area (Å²) >= 11 is 11.7. The number of hydrogen-bond acceptors (Lipinski definition) is 5. The highest BCUT2D eigenvalue weighted by molar-refractivity contribution is 6.30. The van der Waals surface area contributed by atoms with Gasteiger partial charge in [0.2, 0.25) is 0 Å². The van der Waals surface area contributed by atoms with Gasteiger partial charge in [-0.2, -0.15) is 0 Å². The lowest BCUT2D eigenvalue weighted by molar-refractivity contribution is -0.123. The molecule has 2 aromatic carbocycles. The Morgan fingerprint density at radius 3 is 2.10 bits per heavy atom. The number of aliphatic hydroxyl groups excluding tert-OH is 1. The zero-order valence-electron chi connectivity index (χ0n) is 16.3. The zero-order chi connectivity index (χ0) is 21.1. The van der Waals surface area contributed by atoms with E-state index in [1.807, 2.05) is 0 Å². The van der Waals surface area contributed by atoms with E-state index in [4.69, 9.17) is 32.7 Å². The number of rotatable bonds is 9. The van der Waals surface area contributed by atoms with Gasteiger partial charge in [0.05, 0.1) is 0 Å². The molecule has 1 aliphatic heterocycles. The average molecular weight is 451 g/mol. The maximum atomic E-state index is 12.1. The van der Waals surface area contributed by atoms with Crippen LogP contribution >= 0.6 is 23.2 Å². The van der Waals surface area contributed by atoms with E-state index >= 15 is 0 Å². The molecule has 2 aliphatic rings. The SMILES string of the molecule is O=C(COc1ccc(Cl)cc1)NC1C2CN(CC(O)COc3ccc(Cl)cc3)CC21. The maximum Gasteiger partial charge on any atom is 0.258 e. The Labute approximate surface area is 185 Å². The Morgan fingerprint density at radius 1 is 1.00 bits per heavy atom. The van der Waals surface area contributed by atoms with E-state index in [1.54, 1.807) is 48.5 Å². The van der Waals surface area contributed by atoms with Crippen LogP contribution in [0, 0.1) is 11.8 Å². The van der Waals surface area contributed by atoms with E-state index in [0.717, 1.165) is 13.1 Å². The van der Waals surface area contributed by atoms with Gasteiger partial charge in [0.25, 0.3) is 5.91 Å². The molecule has 1 aliphatic carbocycles. The minimum absolute atomic E-state index is 0.0119. The molecule has 1 amide bonds. The van der Waals surface area contributed by atoms with Gasteiger partial charge in [-0.15, -0.1) is 0 Å². The molecule has 3 atom stereocenters. The first-order chi connectivity index (χ1) is 14.5. The number of carbonyl (C=O) groups excluding carboxylic acids is 1. The number of nitrogens with one attached hydrogen (secondary N) is 1. The van der Waals surface area contributed by atoms with Gasteiger partial charge in [-0.05, 0) is 60.4 Å². The third-order valence-electron chi connectivity index (χ3n) is 5.51. The van der Waals surface area contributed by atoms with Gasteiger partial charge in [0.15, 0.2) is 6.61 Å². The fourth-order valence-corrected chi connectivity index (χ4v) is 4.21. The van der Waals surface area contributed by atoms with Crippen molar-refractivity contribution in [2.45, 2.75) is 12.1 Å². The summed E-state index contributed by atoms with van der Waals surface area (Å²) in [6, 6.07) is 14.2. The number of halogens is 2. The Kier molecular flexibility index (Phi) is 6.68. The van der Waals surface area contributed by atoms with Gasteiger partial charge in [-0.3, -0.25) is 9.69 Å². The second-order valence-electron chi connectivity index (χ2n) is 7.80. The van der Waals surface area contributed by atoms with Crippen LogP contribution in [0.2, 0.25) is 10.0 Å². The summed E-state index contributed by atoms with van der Waals surface area (Å²) in [6.45, 7) is 2.51. The molecule has 2 aromatic rings. The second kappa shape index (κ2) is 9.43. The predicted molar refractivity (Wildman–Crippen MR) is 115 cm³/mol. The lowest BCUT2D eigenvalue weighted by Crippen LogP contribution is -2.40. The number of β-amino-alcohol motifs (C(OH)–C–C–N with tert-alkyl or cyclic N) is 1. The predicted octanol–water partition coefficient (Wildman–Crippen LogP) is 2.86. The summed E-state index contributed by atoms with van der Waals surface area (Å²) in [5, 5.41) is 14.6. The molecule has 30 heavy (non-hydrogen) atoms. The lowest BCUT2D eigenvalue weighted by Gasteiger charge is -2.23. The average Bonchev–Trinajstić information content (AvgIpc) is 3.16. The van der Waals surface area contributed by atoms with Crippen LogP contribution in [-0.4, -0.2) is 60.9 Å². The summed E-state index contributed by atoms with van der Waals surface area (Å²) in [5.41, 5.74) is 0. The Balaban J connectivity index is 1.12. The Hall–Kier alpha value is -1.99. The lowest BCUT2D eigenvalue weighted by atomic mass is 10.3. The normalized spacial score (nSPS) is 23.5. The molecule has 3 unspecified atom stereocenters. The van der Waals surface area contributed by atoms with Crippen molar-refractivity contribution >= 4 is 29.1 Å². The van der Waals surface area contributed by atoms with Crippen molar-refractivity contribution in [1.82, 2.24) is 10.2 Å². The summed E-state index contributed by atoms with van der Waals surface area (Å²) in [6.07, 6.45) is -0.570. The van der Waals surface area contributed by atoms with Gasteiger partial charge in [0.1, 0.15) is 24.2 Å². The first-order valence-electron chi connectivity index (χ1n) is 9.94. The van der Waals surface area contributed by atoms with Crippen molar-refractivity contribution in [2.24, 2.45) is 11.8 Å². The zero-order valence-corrected chi connectivity index (χ0v) is 17.9. The molecule has 0 spiro atoms. The molecule has 8 heteroatoms. The van der Waals surface area contributed by atoms with E-state index < -0.39 is 6.10 Å². The van der Waals surface area contributed by atoms with Crippen LogP contribution in [0.3, 0.4) is 0 Å². The van der Waals surface area contributed by atoms with Crippen molar-refractivity contribution in [3.8, 4) is 11.5 Å². The number of piperidine rings is 1. The van der Waals surface area contributed by atoms with Crippen molar-refractivity contribution < 1.29 is 19.4 Å². The van der Waals surface area contributed by atoms with Gasteiger partial charge in [-0.25, -0.2) is 0 Å². The second-order valence-corrected chi connectivity index (χ2v) is 8.67. The van der Waals surface area contributed by atoms with Crippen molar-refractivity contribution in [3.63, 3.8) is 0 Å². The van der Waals surface area contributed by atoms with Crippen molar-refractivity contribution in [2.75, 3.05) is 32.8 Å². The fourth-order valence-electron chi connectivity index (χ4n) is 3.96. The van der Waals surface area contributed by atoms with E-state index in [9.17, 15) is 9.90 Å². The number of aliphatic hydroxyl groups is 1. The number of hydrogen-bond donors (Lipinski definition) is 2. The number of ether oxygens (including phenoxy) is 2. The molecule has 1 heterocycles. The molecule has 6 nitrogen and oxygen atoms in total. The summed E-state index contributed by atoms with van der Waals surface area (Å²) in [7, 11) is 0. The molecular weight excluding hydrogens is 427 g/mol. The highest BCUT2D eigenvalue weighted by Gasteiger charge is 2.56. The third kappa shape index (κ3) is 5.58. The van der Waals surface area contributed by atoms with E-state index in [1.165, 1.54) is 0 Å². The molecule has 0 aromatic heterocycles. The Morgan fingerprint density at radius 2 is 1.53 bits per heavy atom. The largest absolute Gasteiger partial charge is 0.491 e. The number of nitrogens with zero attached hydrogens (tertiary/aromatic N) is 1. The van der Waals surface area contributed by atoms with Gasteiger partial charge in [-0.1, -0.05) is 23.2 Å². The third-order valence-corrected chi connectivity index (χ3v) is 6.01. The summed E-state index contributed by atoms with van der Waals surface area (Å²) < 4.78 is 11.1. The Bertz CT molecular complexity index is 850. The van der Waals surface area contributed by atoms with Crippen LogP contribution in [0.25, 0.3) is 0 Å². The molecule has 0 bridgehead atoms. The number of fused-ring (bicyclic) bond motifs is 1. The monoisotopic (exact) mass is 450 g/mol. The first-order valence-corrected chi connectivity index (χ1v) is 10.7. The number of likely N-dealkylation sites (tertiary alicyclic amines) is 1. The van der Waals surface area contributed by atoms with Gasteiger partial charge in [0, 0.05) is 35.7 Å². The van der Waals surface area contributed by atoms with Crippen LogP contribution in [0.5, 0.6) is 11.5 Å². The highest BCUT2D eigenvalue weighted by Crippen LogP contribution is 2.45. The van der Waals surface area contributed by atoms with E-state index in [2.05, 4.69) is 10.2 Å². The smallest absolute Gasteiger partial charge is 0.258 e. The molecule has 160 valence electrons. The standard InChI is InChI=1S/C22H24Cl2N2O4/c23-14-1-5-17(6-2-14)29-12-16(27)9-26-10-19-20(11-26)22(19)25-21(28)13-30-18-7-3-15(24)4-8-18/h1-8,16,19-20,22,27H,9-13H2,(H,25,28). The van der Waals surface area contributed by atoms with Gasteiger partial charge < -0.3 is 19.9 Å². The molecule has 4 rings (SSSR count). The summed E-state index contributed by atoms with van der Waals surface area (Å²) in [4.78, 5) is 14.3. The van der Waals surface area contributed by atoms with Crippen LogP contribution in [0.4, 0.5) is 0 Å². The number of carbonyl (C=O) groups is 1. The van der Waals surface area contributed by atoms with Crippen molar-refractivity contribution in [3.05, 3.63) is 58.6 Å². The molecule has 0 radical (unpaired) electrons. The topological polar surface area (TPSA) is 71.0 Å². The van der Waals surface area contributed by atoms with E-state index in [-0.39, 0.29) is 25.2 Å². The fraction of sp³-hybridized carbons (Fsp3) is 0.409. The molecule has 2 fully saturated rings. The molecule has 2 N–H and O–H groups in total. The highest BCUT2D eigenvalue weighted by atomic mass is 35.5. The minimum Gasteiger partial charge on any atom is -0.491 e. The van der Waals surface area contributed by atoms with Gasteiger partial charge >= 0.3 is 0 Å². The van der Waals surface area contributed by atoms with Crippen LogP contribution < -0.4 is 14.8 Å². The number of benzene rings is 2. The quantitative estimate of drug-likeness (QED) is 0.614. The first kappa shape index (κ1) is 21.2. The van der Waals surface area contributed by atoms with Crippen LogP contribution in [0.1, 0.15) is 0 Å². The molecule has 1 saturated carbocycles. The minimum atomic E-state index is -0.570. The summed E-state index contributed by atoms with van der Waals surface area (Å²) in [5.74, 6) is 2.06. The maximum absolute atomic E-state index is 12.1.